The lowest BCUT2D eigenvalue weighted by atomic mass is 10.1. The van der Waals surface area contributed by atoms with Crippen molar-refractivity contribution in [2.45, 2.75) is 45.8 Å². The quantitative estimate of drug-likeness (QED) is 0.502. The number of aryl methyl sites for hydroxylation is 1. The van der Waals surface area contributed by atoms with Gasteiger partial charge >= 0.3 is 11.9 Å². The molecule has 1 aliphatic carbocycles. The Kier molecular flexibility index (Phi) is 8.28. The zero-order valence-corrected chi connectivity index (χ0v) is 20.2. The van der Waals surface area contributed by atoms with E-state index < -0.39 is 17.5 Å². The number of benzene rings is 2. The van der Waals surface area contributed by atoms with Crippen LogP contribution in [0.5, 0.6) is 5.75 Å². The highest BCUT2D eigenvalue weighted by Gasteiger charge is 2.54. The van der Waals surface area contributed by atoms with Crippen molar-refractivity contribution in [2.24, 2.45) is 0 Å². The summed E-state index contributed by atoms with van der Waals surface area (Å²) >= 11 is 0. The Morgan fingerprint density at radius 2 is 1.76 bits per heavy atom. The molecule has 0 saturated heterocycles. The van der Waals surface area contributed by atoms with Crippen LogP contribution in [0, 0.1) is 6.92 Å². The van der Waals surface area contributed by atoms with Gasteiger partial charge in [-0.15, -0.1) is 0 Å². The maximum atomic E-state index is 13.4. The van der Waals surface area contributed by atoms with Crippen molar-refractivity contribution in [3.05, 3.63) is 59.2 Å². The molecule has 1 aliphatic rings. The van der Waals surface area contributed by atoms with Gasteiger partial charge in [-0.25, -0.2) is 4.79 Å². The number of carbonyl (C=O) groups excluding carboxylic acids is 3. The molecule has 8 heteroatoms. The predicted molar refractivity (Wildman–Crippen MR) is 128 cm³/mol. The Bertz CT molecular complexity index is 1030. The monoisotopic (exact) mass is 468 g/mol. The van der Waals surface area contributed by atoms with Gasteiger partial charge in [-0.1, -0.05) is 37.3 Å². The number of ether oxygens (including phenoxy) is 3. The Labute approximate surface area is 200 Å². The number of carbonyl (C=O) groups is 3. The van der Waals surface area contributed by atoms with E-state index in [1.165, 1.54) is 7.11 Å². The number of amides is 1. The van der Waals surface area contributed by atoms with Crippen LogP contribution in [-0.2, 0) is 25.7 Å². The van der Waals surface area contributed by atoms with Crippen molar-refractivity contribution < 1.29 is 28.6 Å². The van der Waals surface area contributed by atoms with Crippen LogP contribution in [0.4, 0.5) is 5.69 Å². The molecule has 1 amide bonds. The molecule has 2 aromatic carbocycles. The first kappa shape index (κ1) is 25.2. The lowest BCUT2D eigenvalue weighted by Crippen LogP contribution is -2.49. The zero-order valence-electron chi connectivity index (χ0n) is 20.2. The van der Waals surface area contributed by atoms with Crippen molar-refractivity contribution >= 4 is 23.5 Å². The number of nitrogens with zero attached hydrogens (tertiary/aromatic N) is 1. The van der Waals surface area contributed by atoms with Gasteiger partial charge in [-0.2, -0.15) is 0 Å². The van der Waals surface area contributed by atoms with Crippen molar-refractivity contribution in [3.63, 3.8) is 0 Å². The van der Waals surface area contributed by atoms with Crippen molar-refractivity contribution in [1.82, 2.24) is 4.90 Å². The molecular weight excluding hydrogens is 436 g/mol. The molecule has 0 atom stereocenters. The van der Waals surface area contributed by atoms with E-state index in [0.717, 1.165) is 5.56 Å². The van der Waals surface area contributed by atoms with E-state index in [1.54, 1.807) is 26.0 Å². The van der Waals surface area contributed by atoms with Crippen LogP contribution in [0.1, 0.15) is 48.2 Å². The fourth-order valence-electron chi connectivity index (χ4n) is 3.95. The number of hydrogen-bond acceptors (Lipinski definition) is 7. The molecule has 0 spiro atoms. The molecule has 1 saturated carbocycles. The summed E-state index contributed by atoms with van der Waals surface area (Å²) in [6, 6.07) is 12.7. The summed E-state index contributed by atoms with van der Waals surface area (Å²) in [5.74, 6) is -0.695. The Balaban J connectivity index is 1.73. The van der Waals surface area contributed by atoms with Gasteiger partial charge in [0.15, 0.2) is 0 Å². The molecule has 182 valence electrons. The van der Waals surface area contributed by atoms with Gasteiger partial charge in [0.2, 0.25) is 5.91 Å². The van der Waals surface area contributed by atoms with Gasteiger partial charge < -0.3 is 19.5 Å². The van der Waals surface area contributed by atoms with Gasteiger partial charge in [-0.05, 0) is 56.5 Å². The largest absolute Gasteiger partial charge is 0.497 e. The molecule has 2 aromatic rings. The summed E-state index contributed by atoms with van der Waals surface area (Å²) in [6.07, 6.45) is 1.23. The van der Waals surface area contributed by atoms with Crippen LogP contribution >= 0.6 is 0 Å². The fourth-order valence-corrected chi connectivity index (χ4v) is 3.95. The second kappa shape index (κ2) is 11.2. The third-order valence-electron chi connectivity index (χ3n) is 5.97. The Hall–Kier alpha value is -3.39. The van der Waals surface area contributed by atoms with Gasteiger partial charge in [0.05, 0.1) is 31.5 Å². The predicted octanol–water partition coefficient (Wildman–Crippen LogP) is 3.72. The summed E-state index contributed by atoms with van der Waals surface area (Å²) < 4.78 is 15.9. The van der Waals surface area contributed by atoms with Gasteiger partial charge in [0.25, 0.3) is 0 Å². The highest BCUT2D eigenvalue weighted by Crippen LogP contribution is 2.43. The van der Waals surface area contributed by atoms with Crippen LogP contribution in [0.3, 0.4) is 0 Å². The molecule has 0 heterocycles. The number of likely N-dealkylation sites (N-methyl/N-ethyl adjacent to an activating group) is 1. The lowest BCUT2D eigenvalue weighted by molar-refractivity contribution is -0.147. The van der Waals surface area contributed by atoms with Crippen LogP contribution in [0.2, 0.25) is 0 Å². The number of nitrogens with one attached hydrogen (secondary N) is 1. The average Bonchev–Trinajstić information content (AvgIpc) is 3.65. The smallest absolute Gasteiger partial charge is 0.340 e. The summed E-state index contributed by atoms with van der Waals surface area (Å²) in [4.78, 5) is 40.3. The number of methoxy groups -OCH3 is 1. The molecule has 3 rings (SSSR count). The summed E-state index contributed by atoms with van der Waals surface area (Å²) in [5, 5.41) is 2.93. The van der Waals surface area contributed by atoms with E-state index in [2.05, 4.69) is 5.32 Å². The second-order valence-electron chi connectivity index (χ2n) is 8.23. The molecule has 0 aliphatic heterocycles. The average molecular weight is 469 g/mol. The van der Waals surface area contributed by atoms with Crippen LogP contribution in [-0.4, -0.2) is 55.1 Å². The van der Waals surface area contributed by atoms with Gasteiger partial charge in [-0.3, -0.25) is 14.5 Å². The maximum absolute atomic E-state index is 13.4. The molecule has 0 unspecified atom stereocenters. The summed E-state index contributed by atoms with van der Waals surface area (Å²) in [7, 11) is 1.51. The molecule has 0 aromatic heterocycles. The molecule has 0 bridgehead atoms. The first-order chi connectivity index (χ1) is 16.3. The normalized spacial score (nSPS) is 13.8. The number of hydrogen-bond donors (Lipinski definition) is 1. The molecule has 1 fully saturated rings. The Morgan fingerprint density at radius 3 is 2.35 bits per heavy atom. The van der Waals surface area contributed by atoms with Crippen LogP contribution < -0.4 is 10.1 Å². The van der Waals surface area contributed by atoms with Gasteiger partial charge in [0.1, 0.15) is 17.9 Å². The maximum Gasteiger partial charge on any atom is 0.340 e. The summed E-state index contributed by atoms with van der Waals surface area (Å²) in [5.41, 5.74) is 1.38. The molecule has 34 heavy (non-hydrogen) atoms. The molecule has 0 radical (unpaired) electrons. The third-order valence-corrected chi connectivity index (χ3v) is 5.97. The van der Waals surface area contributed by atoms with Crippen molar-refractivity contribution in [2.75, 3.05) is 32.1 Å². The number of rotatable bonds is 11. The van der Waals surface area contributed by atoms with E-state index in [1.807, 2.05) is 42.2 Å². The highest BCUT2D eigenvalue weighted by molar-refractivity contribution is 6.06. The SMILES string of the molecule is CCOC(=O)c1cc(OC)cc(C)c1NC(=O)C1(N(CC)CC(=O)OCc2ccccc2)CC1. The Morgan fingerprint density at radius 1 is 1.06 bits per heavy atom. The minimum atomic E-state index is -0.821. The third kappa shape index (κ3) is 5.75. The van der Waals surface area contributed by atoms with E-state index in [-0.39, 0.29) is 31.2 Å². The lowest BCUT2D eigenvalue weighted by Gasteiger charge is -2.29. The topological polar surface area (TPSA) is 94.2 Å². The standard InChI is InChI=1S/C26H32N2O6/c1-5-28(16-22(29)34-17-19-10-8-7-9-11-19)26(12-13-26)25(31)27-23-18(3)14-20(32-4)15-21(23)24(30)33-6-2/h7-11,14-15H,5-6,12-13,16-17H2,1-4H3,(H,27,31). The minimum absolute atomic E-state index is 0.00306. The number of esters is 2. The van der Waals surface area contributed by atoms with Crippen LogP contribution in [0.25, 0.3) is 0 Å². The molecule has 8 nitrogen and oxygen atoms in total. The zero-order chi connectivity index (χ0) is 24.7. The van der Waals surface area contributed by atoms with Gasteiger partial charge in [0, 0.05) is 0 Å². The van der Waals surface area contributed by atoms with Crippen molar-refractivity contribution in [3.8, 4) is 5.75 Å². The first-order valence-corrected chi connectivity index (χ1v) is 11.5. The summed E-state index contributed by atoms with van der Waals surface area (Å²) in [6.45, 7) is 6.31. The number of anilines is 1. The minimum Gasteiger partial charge on any atom is -0.497 e. The van der Waals surface area contributed by atoms with E-state index in [4.69, 9.17) is 14.2 Å². The first-order valence-electron chi connectivity index (χ1n) is 11.5. The van der Waals surface area contributed by atoms with Crippen molar-refractivity contribution in [1.29, 1.82) is 0 Å². The van der Waals surface area contributed by atoms with E-state index >= 15 is 0 Å². The molecular formula is C26H32N2O6. The molecule has 1 N–H and O–H groups in total. The van der Waals surface area contributed by atoms with E-state index in [9.17, 15) is 14.4 Å². The second-order valence-corrected chi connectivity index (χ2v) is 8.23. The highest BCUT2D eigenvalue weighted by atomic mass is 16.5. The van der Waals surface area contributed by atoms with Crippen LogP contribution in [0.15, 0.2) is 42.5 Å². The van der Waals surface area contributed by atoms with E-state index in [0.29, 0.717) is 36.4 Å². The fraction of sp³-hybridized carbons (Fsp3) is 0.423.